The number of rotatable bonds is 4. The van der Waals surface area contributed by atoms with Crippen LogP contribution in [0.4, 0.5) is 0 Å². The fraction of sp³-hybridized carbons (Fsp3) is 0.857. The van der Waals surface area contributed by atoms with Gasteiger partial charge in [0, 0.05) is 32.1 Å². The van der Waals surface area contributed by atoms with Crippen LogP contribution in [0.3, 0.4) is 0 Å². The maximum absolute atomic E-state index is 12.3. The van der Waals surface area contributed by atoms with Gasteiger partial charge in [-0.25, -0.2) is 12.7 Å². The van der Waals surface area contributed by atoms with E-state index in [-0.39, 0.29) is 17.7 Å². The van der Waals surface area contributed by atoms with Gasteiger partial charge in [0.25, 0.3) is 0 Å². The van der Waals surface area contributed by atoms with E-state index in [0.717, 1.165) is 0 Å². The highest BCUT2D eigenvalue weighted by Gasteiger charge is 2.31. The zero-order valence-corrected chi connectivity index (χ0v) is 14.5. The normalized spacial score (nSPS) is 22.6. The Bertz CT molecular complexity index is 537. The van der Waals surface area contributed by atoms with Gasteiger partial charge in [0.1, 0.15) is 6.04 Å². The Kier molecular flexibility index (Phi) is 5.99. The first-order chi connectivity index (χ1) is 10.8. The molecule has 0 bridgehead atoms. The minimum Gasteiger partial charge on any atom is -0.378 e. The van der Waals surface area contributed by atoms with Gasteiger partial charge in [-0.1, -0.05) is 0 Å². The maximum atomic E-state index is 12.3. The van der Waals surface area contributed by atoms with Crippen LogP contribution in [0, 0.1) is 5.92 Å². The molecule has 132 valence electrons. The summed E-state index contributed by atoms with van der Waals surface area (Å²) in [5, 5.41) is 2.76. The van der Waals surface area contributed by atoms with Crippen molar-refractivity contribution in [2.45, 2.75) is 25.8 Å². The first-order valence-electron chi connectivity index (χ1n) is 7.91. The standard InChI is InChI=1S/C14H25N3O5S/c1-11(14(19)16-7-9-22-10-8-16)15-13(18)12-3-5-17(6-4-12)23(2,20)21/h11-12H,3-10H2,1-2H3,(H,15,18)/t11-/m0/s1. The summed E-state index contributed by atoms with van der Waals surface area (Å²) < 4.78 is 29.5. The van der Waals surface area contributed by atoms with Crippen molar-refractivity contribution in [2.24, 2.45) is 5.92 Å². The molecule has 2 heterocycles. The van der Waals surface area contributed by atoms with Crippen molar-refractivity contribution in [3.05, 3.63) is 0 Å². The van der Waals surface area contributed by atoms with Crippen molar-refractivity contribution >= 4 is 21.8 Å². The van der Waals surface area contributed by atoms with Crippen LogP contribution >= 0.6 is 0 Å². The first-order valence-corrected chi connectivity index (χ1v) is 9.76. The number of carbonyl (C=O) groups excluding carboxylic acids is 2. The average Bonchev–Trinajstić information content (AvgIpc) is 2.54. The lowest BCUT2D eigenvalue weighted by atomic mass is 9.97. The second-order valence-electron chi connectivity index (χ2n) is 6.10. The zero-order chi connectivity index (χ0) is 17.0. The summed E-state index contributed by atoms with van der Waals surface area (Å²) in [6, 6.07) is -0.575. The van der Waals surface area contributed by atoms with E-state index >= 15 is 0 Å². The third-order valence-corrected chi connectivity index (χ3v) is 5.65. The van der Waals surface area contributed by atoms with Crippen LogP contribution in [-0.2, 0) is 24.3 Å². The van der Waals surface area contributed by atoms with E-state index in [1.54, 1.807) is 11.8 Å². The van der Waals surface area contributed by atoms with E-state index in [1.807, 2.05) is 0 Å². The Morgan fingerprint density at radius 2 is 1.70 bits per heavy atom. The predicted molar refractivity (Wildman–Crippen MR) is 84.1 cm³/mol. The summed E-state index contributed by atoms with van der Waals surface area (Å²) >= 11 is 0. The van der Waals surface area contributed by atoms with Gasteiger partial charge in [0.2, 0.25) is 21.8 Å². The maximum Gasteiger partial charge on any atom is 0.245 e. The van der Waals surface area contributed by atoms with Gasteiger partial charge >= 0.3 is 0 Å². The highest BCUT2D eigenvalue weighted by molar-refractivity contribution is 7.88. The topological polar surface area (TPSA) is 96.0 Å². The van der Waals surface area contributed by atoms with Crippen molar-refractivity contribution in [2.75, 3.05) is 45.6 Å². The minimum atomic E-state index is -3.20. The summed E-state index contributed by atoms with van der Waals surface area (Å²) in [6.07, 6.45) is 2.14. The largest absolute Gasteiger partial charge is 0.378 e. The Morgan fingerprint density at radius 3 is 2.22 bits per heavy atom. The van der Waals surface area contributed by atoms with Gasteiger partial charge in [-0.2, -0.15) is 0 Å². The molecule has 1 atom stereocenters. The highest BCUT2D eigenvalue weighted by atomic mass is 32.2. The van der Waals surface area contributed by atoms with Crippen molar-refractivity contribution in [1.29, 1.82) is 0 Å². The second-order valence-corrected chi connectivity index (χ2v) is 8.09. The van der Waals surface area contributed by atoms with Crippen LogP contribution in [0.2, 0.25) is 0 Å². The third kappa shape index (κ3) is 4.89. The second kappa shape index (κ2) is 7.59. The van der Waals surface area contributed by atoms with Crippen LogP contribution in [0.1, 0.15) is 19.8 Å². The average molecular weight is 347 g/mol. The van der Waals surface area contributed by atoms with Crippen LogP contribution < -0.4 is 5.32 Å². The summed E-state index contributed by atoms with van der Waals surface area (Å²) in [5.41, 5.74) is 0. The number of hydrogen-bond acceptors (Lipinski definition) is 5. The van der Waals surface area contributed by atoms with Crippen LogP contribution in [0.15, 0.2) is 0 Å². The lowest BCUT2D eigenvalue weighted by molar-refractivity contribution is -0.140. The van der Waals surface area contributed by atoms with Crippen molar-refractivity contribution < 1.29 is 22.7 Å². The molecular formula is C14H25N3O5S. The quantitative estimate of drug-likeness (QED) is 0.705. The molecular weight excluding hydrogens is 322 g/mol. The van der Waals surface area contributed by atoms with Crippen molar-refractivity contribution in [3.63, 3.8) is 0 Å². The fourth-order valence-electron chi connectivity index (χ4n) is 2.90. The van der Waals surface area contributed by atoms with Crippen molar-refractivity contribution in [3.8, 4) is 0 Å². The smallest absolute Gasteiger partial charge is 0.245 e. The Hall–Kier alpha value is -1.19. The van der Waals surface area contributed by atoms with Gasteiger partial charge in [-0.3, -0.25) is 9.59 Å². The van der Waals surface area contributed by atoms with Crippen LogP contribution in [0.5, 0.6) is 0 Å². The molecule has 2 amide bonds. The Balaban J connectivity index is 1.81. The highest BCUT2D eigenvalue weighted by Crippen LogP contribution is 2.19. The third-order valence-electron chi connectivity index (χ3n) is 4.35. The van der Waals surface area contributed by atoms with Crippen molar-refractivity contribution in [1.82, 2.24) is 14.5 Å². The molecule has 0 spiro atoms. The van der Waals surface area contributed by atoms with E-state index in [1.165, 1.54) is 10.6 Å². The molecule has 0 aromatic carbocycles. The molecule has 2 saturated heterocycles. The van der Waals surface area contributed by atoms with Gasteiger partial charge < -0.3 is 15.0 Å². The Labute approximate surface area is 137 Å². The van der Waals surface area contributed by atoms with E-state index in [9.17, 15) is 18.0 Å². The fourth-order valence-corrected chi connectivity index (χ4v) is 3.77. The molecule has 2 aliphatic heterocycles. The minimum absolute atomic E-state index is 0.102. The van der Waals surface area contributed by atoms with E-state index in [0.29, 0.717) is 52.2 Å². The van der Waals surface area contributed by atoms with Gasteiger partial charge in [0.05, 0.1) is 19.5 Å². The number of carbonyl (C=O) groups is 2. The van der Waals surface area contributed by atoms with E-state index in [2.05, 4.69) is 5.32 Å². The lowest BCUT2D eigenvalue weighted by Gasteiger charge is -2.32. The van der Waals surface area contributed by atoms with Gasteiger partial charge in [-0.15, -0.1) is 0 Å². The summed E-state index contributed by atoms with van der Waals surface area (Å²) in [4.78, 5) is 26.2. The lowest BCUT2D eigenvalue weighted by Crippen LogP contribution is -2.52. The van der Waals surface area contributed by atoms with Crippen LogP contribution in [-0.4, -0.2) is 81.1 Å². The molecule has 0 radical (unpaired) electrons. The number of amides is 2. The molecule has 9 heteroatoms. The van der Waals surface area contributed by atoms with Gasteiger partial charge in [0.15, 0.2) is 0 Å². The molecule has 0 aromatic heterocycles. The van der Waals surface area contributed by atoms with E-state index in [4.69, 9.17) is 4.74 Å². The predicted octanol–water partition coefficient (Wildman–Crippen LogP) is -0.978. The molecule has 0 saturated carbocycles. The van der Waals surface area contributed by atoms with E-state index < -0.39 is 16.1 Å². The molecule has 2 fully saturated rings. The summed E-state index contributed by atoms with van der Waals surface area (Å²) in [6.45, 7) is 4.52. The molecule has 0 unspecified atom stereocenters. The molecule has 2 aliphatic rings. The molecule has 2 rings (SSSR count). The zero-order valence-electron chi connectivity index (χ0n) is 13.7. The number of nitrogens with one attached hydrogen (secondary N) is 1. The number of piperidine rings is 1. The molecule has 0 aliphatic carbocycles. The number of ether oxygens (including phenoxy) is 1. The molecule has 1 N–H and O–H groups in total. The van der Waals surface area contributed by atoms with Crippen LogP contribution in [0.25, 0.3) is 0 Å². The molecule has 23 heavy (non-hydrogen) atoms. The SMILES string of the molecule is C[C@H](NC(=O)C1CCN(S(C)(=O)=O)CC1)C(=O)N1CCOCC1. The summed E-state index contributed by atoms with van der Waals surface area (Å²) in [7, 11) is -3.20. The monoisotopic (exact) mass is 347 g/mol. The first kappa shape index (κ1) is 18.2. The Morgan fingerprint density at radius 1 is 1.13 bits per heavy atom. The van der Waals surface area contributed by atoms with Gasteiger partial charge in [-0.05, 0) is 19.8 Å². The number of sulfonamides is 1. The molecule has 0 aromatic rings. The number of hydrogen-bond donors (Lipinski definition) is 1. The summed E-state index contributed by atoms with van der Waals surface area (Å²) in [5.74, 6) is -0.518. The molecule has 8 nitrogen and oxygen atoms in total. The number of nitrogens with zero attached hydrogens (tertiary/aromatic N) is 2. The number of morpholine rings is 1.